The van der Waals surface area contributed by atoms with Crippen LogP contribution in [-0.2, 0) is 16.1 Å². The molecule has 0 bridgehead atoms. The summed E-state index contributed by atoms with van der Waals surface area (Å²) in [5, 5.41) is 13.1. The second kappa shape index (κ2) is 4.80. The van der Waals surface area contributed by atoms with Gasteiger partial charge in [-0.1, -0.05) is 13.8 Å². The monoisotopic (exact) mass is 251 g/mol. The molecule has 6 nitrogen and oxygen atoms in total. The van der Waals surface area contributed by atoms with Gasteiger partial charge in [-0.15, -0.1) is 0 Å². The van der Waals surface area contributed by atoms with Crippen LogP contribution in [-0.4, -0.2) is 33.3 Å². The summed E-state index contributed by atoms with van der Waals surface area (Å²) < 4.78 is 1.78. The van der Waals surface area contributed by atoms with Gasteiger partial charge in [0.05, 0.1) is 17.8 Å². The first kappa shape index (κ1) is 12.6. The lowest BCUT2D eigenvalue weighted by Gasteiger charge is -2.12. The van der Waals surface area contributed by atoms with Crippen molar-refractivity contribution in [2.75, 3.05) is 11.4 Å². The van der Waals surface area contributed by atoms with Gasteiger partial charge in [-0.2, -0.15) is 5.10 Å². The van der Waals surface area contributed by atoms with E-state index in [-0.39, 0.29) is 18.9 Å². The molecule has 1 fully saturated rings. The summed E-state index contributed by atoms with van der Waals surface area (Å²) in [5.74, 6) is -1.20. The van der Waals surface area contributed by atoms with Crippen molar-refractivity contribution in [2.24, 2.45) is 11.8 Å². The van der Waals surface area contributed by atoms with E-state index < -0.39 is 11.9 Å². The number of hydrogen-bond acceptors (Lipinski definition) is 3. The van der Waals surface area contributed by atoms with Gasteiger partial charge in [0.15, 0.2) is 0 Å². The SMILES string of the molecule is CC(C)Cn1cc(N2CC(C(=O)O)CC2=O)cn1. The van der Waals surface area contributed by atoms with Crippen molar-refractivity contribution in [3.63, 3.8) is 0 Å². The minimum Gasteiger partial charge on any atom is -0.481 e. The van der Waals surface area contributed by atoms with Crippen LogP contribution in [0.3, 0.4) is 0 Å². The second-order valence-electron chi connectivity index (χ2n) is 5.06. The van der Waals surface area contributed by atoms with Crippen LogP contribution in [0.25, 0.3) is 0 Å². The molecule has 1 aliphatic rings. The molecule has 2 heterocycles. The van der Waals surface area contributed by atoms with Gasteiger partial charge in [-0.05, 0) is 5.92 Å². The molecule has 1 aromatic rings. The molecule has 0 aliphatic carbocycles. The van der Waals surface area contributed by atoms with Crippen LogP contribution in [0.1, 0.15) is 20.3 Å². The van der Waals surface area contributed by atoms with Crippen LogP contribution < -0.4 is 4.90 Å². The van der Waals surface area contributed by atoms with Crippen molar-refractivity contribution in [3.05, 3.63) is 12.4 Å². The number of amides is 1. The molecule has 1 aliphatic heterocycles. The standard InChI is InChI=1S/C12H17N3O3/c1-8(2)5-14-7-10(4-13-14)15-6-9(12(17)18)3-11(15)16/h4,7-9H,3,5-6H2,1-2H3,(H,17,18). The largest absolute Gasteiger partial charge is 0.481 e. The first-order chi connectivity index (χ1) is 8.47. The Morgan fingerprint density at radius 3 is 2.89 bits per heavy atom. The van der Waals surface area contributed by atoms with Gasteiger partial charge in [0.25, 0.3) is 0 Å². The van der Waals surface area contributed by atoms with Crippen LogP contribution in [0.2, 0.25) is 0 Å². The van der Waals surface area contributed by atoms with Crippen molar-refractivity contribution in [1.29, 1.82) is 0 Å². The number of carboxylic acids is 1. The Hall–Kier alpha value is -1.85. The van der Waals surface area contributed by atoms with Crippen LogP contribution >= 0.6 is 0 Å². The third-order valence-electron chi connectivity index (χ3n) is 2.96. The predicted octanol–water partition coefficient (Wildman–Crippen LogP) is 0.977. The van der Waals surface area contributed by atoms with E-state index in [9.17, 15) is 9.59 Å². The summed E-state index contributed by atoms with van der Waals surface area (Å²) in [4.78, 5) is 24.1. The lowest BCUT2D eigenvalue weighted by Crippen LogP contribution is -2.25. The summed E-state index contributed by atoms with van der Waals surface area (Å²) in [7, 11) is 0. The molecular formula is C12H17N3O3. The van der Waals surface area contributed by atoms with Crippen LogP contribution in [0, 0.1) is 11.8 Å². The Balaban J connectivity index is 2.10. The van der Waals surface area contributed by atoms with Gasteiger partial charge in [0.2, 0.25) is 5.91 Å². The fourth-order valence-corrected chi connectivity index (χ4v) is 2.09. The molecule has 1 aromatic heterocycles. The molecule has 2 rings (SSSR count). The van der Waals surface area contributed by atoms with Gasteiger partial charge in [-0.25, -0.2) is 0 Å². The first-order valence-electron chi connectivity index (χ1n) is 6.03. The molecular weight excluding hydrogens is 234 g/mol. The van der Waals surface area contributed by atoms with Crippen molar-refractivity contribution >= 4 is 17.6 Å². The summed E-state index contributed by atoms with van der Waals surface area (Å²) >= 11 is 0. The summed E-state index contributed by atoms with van der Waals surface area (Å²) in [6.45, 7) is 5.19. The minimum absolute atomic E-state index is 0.0741. The number of hydrogen-bond donors (Lipinski definition) is 1. The number of carboxylic acid groups (broad SMARTS) is 1. The number of carbonyl (C=O) groups is 2. The van der Waals surface area contributed by atoms with Gasteiger partial charge < -0.3 is 10.0 Å². The predicted molar refractivity (Wildman–Crippen MR) is 65.2 cm³/mol. The lowest BCUT2D eigenvalue weighted by atomic mass is 10.1. The second-order valence-corrected chi connectivity index (χ2v) is 5.06. The third kappa shape index (κ3) is 2.52. The normalized spacial score (nSPS) is 19.8. The number of carbonyl (C=O) groups excluding carboxylic acids is 1. The molecule has 0 aromatic carbocycles. The van der Waals surface area contributed by atoms with E-state index in [2.05, 4.69) is 18.9 Å². The Morgan fingerprint density at radius 1 is 1.61 bits per heavy atom. The Bertz CT molecular complexity index is 467. The van der Waals surface area contributed by atoms with E-state index >= 15 is 0 Å². The van der Waals surface area contributed by atoms with E-state index in [0.29, 0.717) is 11.6 Å². The fraction of sp³-hybridized carbons (Fsp3) is 0.583. The minimum atomic E-state index is -0.916. The Morgan fingerprint density at radius 2 is 2.33 bits per heavy atom. The zero-order chi connectivity index (χ0) is 13.3. The molecule has 18 heavy (non-hydrogen) atoms. The van der Waals surface area contributed by atoms with E-state index in [1.165, 1.54) is 4.90 Å². The van der Waals surface area contributed by atoms with Crippen LogP contribution in [0.5, 0.6) is 0 Å². The van der Waals surface area contributed by atoms with E-state index in [1.807, 2.05) is 0 Å². The maximum atomic E-state index is 11.7. The highest BCUT2D eigenvalue weighted by molar-refractivity contribution is 5.98. The number of aliphatic carboxylic acids is 1. The highest BCUT2D eigenvalue weighted by Crippen LogP contribution is 2.24. The van der Waals surface area contributed by atoms with Crippen LogP contribution in [0.4, 0.5) is 5.69 Å². The molecule has 6 heteroatoms. The van der Waals surface area contributed by atoms with Crippen molar-refractivity contribution < 1.29 is 14.7 Å². The van der Waals surface area contributed by atoms with Gasteiger partial charge >= 0.3 is 5.97 Å². The molecule has 0 radical (unpaired) electrons. The first-order valence-corrected chi connectivity index (χ1v) is 6.03. The number of nitrogens with zero attached hydrogens (tertiary/aromatic N) is 3. The highest BCUT2D eigenvalue weighted by Gasteiger charge is 2.35. The zero-order valence-electron chi connectivity index (χ0n) is 10.5. The highest BCUT2D eigenvalue weighted by atomic mass is 16.4. The van der Waals surface area contributed by atoms with Gasteiger partial charge in [0.1, 0.15) is 0 Å². The lowest BCUT2D eigenvalue weighted by molar-refractivity contribution is -0.141. The smallest absolute Gasteiger partial charge is 0.308 e. The average molecular weight is 251 g/mol. The fourth-order valence-electron chi connectivity index (χ4n) is 2.09. The third-order valence-corrected chi connectivity index (χ3v) is 2.96. The summed E-state index contributed by atoms with van der Waals surface area (Å²) in [6.07, 6.45) is 3.48. The topological polar surface area (TPSA) is 75.4 Å². The number of aromatic nitrogens is 2. The maximum Gasteiger partial charge on any atom is 0.308 e. The summed E-state index contributed by atoms with van der Waals surface area (Å²) in [5.41, 5.74) is 0.685. The molecule has 1 saturated heterocycles. The summed E-state index contributed by atoms with van der Waals surface area (Å²) in [6, 6.07) is 0. The molecule has 0 spiro atoms. The van der Waals surface area contributed by atoms with Gasteiger partial charge in [0, 0.05) is 25.7 Å². The quantitative estimate of drug-likeness (QED) is 0.865. The van der Waals surface area contributed by atoms with Crippen molar-refractivity contribution in [1.82, 2.24) is 9.78 Å². The van der Waals surface area contributed by atoms with Gasteiger partial charge in [-0.3, -0.25) is 14.3 Å². The molecule has 0 saturated carbocycles. The number of anilines is 1. The molecule has 1 unspecified atom stereocenters. The van der Waals surface area contributed by atoms with E-state index in [4.69, 9.17) is 5.11 Å². The molecule has 1 amide bonds. The van der Waals surface area contributed by atoms with Crippen LogP contribution in [0.15, 0.2) is 12.4 Å². The maximum absolute atomic E-state index is 11.7. The zero-order valence-corrected chi connectivity index (χ0v) is 10.5. The van der Waals surface area contributed by atoms with E-state index in [0.717, 1.165) is 6.54 Å². The van der Waals surface area contributed by atoms with Crippen molar-refractivity contribution in [2.45, 2.75) is 26.8 Å². The Labute approximate surface area is 105 Å². The molecule has 98 valence electrons. The molecule has 1 N–H and O–H groups in total. The number of rotatable bonds is 4. The Kier molecular flexibility index (Phi) is 3.36. The average Bonchev–Trinajstić information content (AvgIpc) is 2.83. The van der Waals surface area contributed by atoms with Crippen molar-refractivity contribution in [3.8, 4) is 0 Å². The van der Waals surface area contributed by atoms with E-state index in [1.54, 1.807) is 17.1 Å². The molecule has 1 atom stereocenters.